The normalized spacial score (nSPS) is 34.3. The minimum absolute atomic E-state index is 0.117. The van der Waals surface area contributed by atoms with Gasteiger partial charge in [-0.1, -0.05) is 6.42 Å². The van der Waals surface area contributed by atoms with Crippen molar-refractivity contribution in [3.8, 4) is 0 Å². The molecule has 3 atom stereocenters. The van der Waals surface area contributed by atoms with Gasteiger partial charge in [-0.05, 0) is 53.4 Å². The van der Waals surface area contributed by atoms with Crippen LogP contribution in [0.3, 0.4) is 0 Å². The second-order valence-electron chi connectivity index (χ2n) is 6.72. The third-order valence-electron chi connectivity index (χ3n) is 4.75. The van der Waals surface area contributed by atoms with Crippen molar-refractivity contribution >= 4 is 0 Å². The summed E-state index contributed by atoms with van der Waals surface area (Å²) in [4.78, 5) is 7.27. The Morgan fingerprint density at radius 2 is 2.00 bits per heavy atom. The van der Waals surface area contributed by atoms with Crippen LogP contribution in [0.4, 0.5) is 0 Å². The maximum atomic E-state index is 9.90. The summed E-state index contributed by atoms with van der Waals surface area (Å²) < 4.78 is 0. The predicted molar refractivity (Wildman–Crippen MR) is 79.4 cm³/mol. The van der Waals surface area contributed by atoms with Crippen LogP contribution in [0.25, 0.3) is 0 Å². The molecule has 0 amide bonds. The Morgan fingerprint density at radius 3 is 2.68 bits per heavy atom. The summed E-state index contributed by atoms with van der Waals surface area (Å²) in [6.07, 6.45) is 6.18. The third-order valence-corrected chi connectivity index (χ3v) is 4.75. The summed E-state index contributed by atoms with van der Waals surface area (Å²) in [7, 11) is 6.51. The minimum atomic E-state index is -0.117. The standard InChI is InChI=1S/C15H31N3O/c1-16(2)11-14-10-15(19)12-18(14)9-7-13-6-4-5-8-17(13)3/h13-15,19H,4-12H2,1-3H3. The lowest BCUT2D eigenvalue weighted by Gasteiger charge is -2.35. The number of likely N-dealkylation sites (tertiary alicyclic amines) is 2. The number of aliphatic hydroxyl groups excluding tert-OH is 1. The topological polar surface area (TPSA) is 30.0 Å². The van der Waals surface area contributed by atoms with Gasteiger partial charge in [-0.2, -0.15) is 0 Å². The van der Waals surface area contributed by atoms with E-state index >= 15 is 0 Å². The van der Waals surface area contributed by atoms with Gasteiger partial charge in [0.05, 0.1) is 6.10 Å². The molecule has 0 saturated carbocycles. The summed E-state index contributed by atoms with van der Waals surface area (Å²) in [6.45, 7) is 4.34. The average molecular weight is 269 g/mol. The molecule has 0 bridgehead atoms. The van der Waals surface area contributed by atoms with Gasteiger partial charge in [-0.25, -0.2) is 0 Å². The summed E-state index contributed by atoms with van der Waals surface area (Å²) in [6, 6.07) is 1.30. The zero-order chi connectivity index (χ0) is 13.8. The van der Waals surface area contributed by atoms with Crippen molar-refractivity contribution in [2.24, 2.45) is 0 Å². The largest absolute Gasteiger partial charge is 0.392 e. The van der Waals surface area contributed by atoms with Gasteiger partial charge in [0.1, 0.15) is 0 Å². The summed E-state index contributed by atoms with van der Waals surface area (Å²) in [5, 5.41) is 9.90. The molecule has 0 spiro atoms. The van der Waals surface area contributed by atoms with Gasteiger partial charge in [-0.3, -0.25) is 4.90 Å². The maximum absolute atomic E-state index is 9.90. The molecule has 4 nitrogen and oxygen atoms in total. The van der Waals surface area contributed by atoms with Crippen molar-refractivity contribution in [3.63, 3.8) is 0 Å². The van der Waals surface area contributed by atoms with Crippen LogP contribution in [0.1, 0.15) is 32.1 Å². The highest BCUT2D eigenvalue weighted by Gasteiger charge is 2.31. The lowest BCUT2D eigenvalue weighted by atomic mass is 10.00. The van der Waals surface area contributed by atoms with Gasteiger partial charge in [0.15, 0.2) is 0 Å². The third kappa shape index (κ3) is 4.42. The monoisotopic (exact) mass is 269 g/mol. The van der Waals surface area contributed by atoms with Crippen molar-refractivity contribution in [1.29, 1.82) is 0 Å². The Kier molecular flexibility index (Phi) is 5.63. The number of nitrogens with zero attached hydrogens (tertiary/aromatic N) is 3. The minimum Gasteiger partial charge on any atom is -0.392 e. The number of likely N-dealkylation sites (N-methyl/N-ethyl adjacent to an activating group) is 1. The van der Waals surface area contributed by atoms with Gasteiger partial charge in [-0.15, -0.1) is 0 Å². The van der Waals surface area contributed by atoms with E-state index in [4.69, 9.17) is 0 Å². The molecule has 4 heteroatoms. The van der Waals surface area contributed by atoms with Crippen LogP contribution < -0.4 is 0 Å². The average Bonchev–Trinajstić information content (AvgIpc) is 2.67. The number of β-amino-alcohol motifs (C(OH)–C–C–N with tert-alkyl or cyclic N) is 1. The molecule has 0 aromatic carbocycles. The van der Waals surface area contributed by atoms with Gasteiger partial charge in [0.2, 0.25) is 0 Å². The number of hydrogen-bond donors (Lipinski definition) is 1. The molecule has 2 heterocycles. The molecule has 0 aliphatic carbocycles. The highest BCUT2D eigenvalue weighted by Crippen LogP contribution is 2.22. The Morgan fingerprint density at radius 1 is 1.21 bits per heavy atom. The number of rotatable bonds is 5. The molecule has 0 aromatic rings. The van der Waals surface area contributed by atoms with Gasteiger partial charge in [0, 0.05) is 31.7 Å². The molecular formula is C15H31N3O. The first kappa shape index (κ1) is 15.2. The van der Waals surface area contributed by atoms with Gasteiger partial charge < -0.3 is 14.9 Å². The van der Waals surface area contributed by atoms with Crippen molar-refractivity contribution in [2.75, 3.05) is 47.3 Å². The molecular weight excluding hydrogens is 238 g/mol. The molecule has 2 aliphatic rings. The number of piperidine rings is 1. The first-order chi connectivity index (χ1) is 9.06. The Labute approximate surface area is 118 Å². The fraction of sp³-hybridized carbons (Fsp3) is 1.00. The van der Waals surface area contributed by atoms with Crippen LogP contribution in [0.15, 0.2) is 0 Å². The van der Waals surface area contributed by atoms with E-state index in [9.17, 15) is 5.11 Å². The van der Waals surface area contributed by atoms with Crippen LogP contribution in [-0.4, -0.2) is 85.3 Å². The van der Waals surface area contributed by atoms with Crippen LogP contribution in [0.5, 0.6) is 0 Å². The maximum Gasteiger partial charge on any atom is 0.0682 e. The highest BCUT2D eigenvalue weighted by atomic mass is 16.3. The molecule has 3 unspecified atom stereocenters. The molecule has 2 aliphatic heterocycles. The van der Waals surface area contributed by atoms with E-state index < -0.39 is 0 Å². The molecule has 0 aromatic heterocycles. The molecule has 2 rings (SSSR count). The van der Waals surface area contributed by atoms with Gasteiger partial charge in [0.25, 0.3) is 0 Å². The van der Waals surface area contributed by atoms with E-state index in [1.54, 1.807) is 0 Å². The Balaban J connectivity index is 1.79. The first-order valence-electron chi connectivity index (χ1n) is 7.83. The van der Waals surface area contributed by atoms with Crippen LogP contribution in [0, 0.1) is 0 Å². The Hall–Kier alpha value is -0.160. The molecule has 19 heavy (non-hydrogen) atoms. The smallest absolute Gasteiger partial charge is 0.0682 e. The fourth-order valence-corrected chi connectivity index (χ4v) is 3.67. The molecule has 1 N–H and O–H groups in total. The number of hydrogen-bond acceptors (Lipinski definition) is 4. The van der Waals surface area contributed by atoms with Crippen molar-refractivity contribution in [2.45, 2.75) is 50.3 Å². The van der Waals surface area contributed by atoms with E-state index in [1.807, 2.05) is 0 Å². The summed E-state index contributed by atoms with van der Waals surface area (Å²) in [5.41, 5.74) is 0. The van der Waals surface area contributed by atoms with Crippen LogP contribution >= 0.6 is 0 Å². The summed E-state index contributed by atoms with van der Waals surface area (Å²) >= 11 is 0. The Bertz CT molecular complexity index is 272. The van der Waals surface area contributed by atoms with E-state index in [2.05, 4.69) is 35.8 Å². The zero-order valence-electron chi connectivity index (χ0n) is 12.9. The van der Waals surface area contributed by atoms with Crippen LogP contribution in [-0.2, 0) is 0 Å². The van der Waals surface area contributed by atoms with Gasteiger partial charge >= 0.3 is 0 Å². The van der Waals surface area contributed by atoms with Crippen LogP contribution in [0.2, 0.25) is 0 Å². The molecule has 0 radical (unpaired) electrons. The molecule has 112 valence electrons. The van der Waals surface area contributed by atoms with E-state index in [-0.39, 0.29) is 6.10 Å². The summed E-state index contributed by atoms with van der Waals surface area (Å²) in [5.74, 6) is 0. The quantitative estimate of drug-likeness (QED) is 0.802. The van der Waals surface area contributed by atoms with Crippen molar-refractivity contribution < 1.29 is 5.11 Å². The first-order valence-corrected chi connectivity index (χ1v) is 7.83. The lowest BCUT2D eigenvalue weighted by molar-refractivity contribution is 0.135. The highest BCUT2D eigenvalue weighted by molar-refractivity contribution is 4.87. The van der Waals surface area contributed by atoms with Crippen molar-refractivity contribution in [3.05, 3.63) is 0 Å². The lowest BCUT2D eigenvalue weighted by Crippen LogP contribution is -2.42. The van der Waals surface area contributed by atoms with E-state index in [0.29, 0.717) is 6.04 Å². The van der Waals surface area contributed by atoms with E-state index in [0.717, 1.165) is 32.1 Å². The van der Waals surface area contributed by atoms with Crippen molar-refractivity contribution in [1.82, 2.24) is 14.7 Å². The SMILES string of the molecule is CN(C)CC1CC(O)CN1CCC1CCCCN1C. The van der Waals surface area contributed by atoms with E-state index in [1.165, 1.54) is 32.2 Å². The second kappa shape index (κ2) is 7.02. The predicted octanol–water partition coefficient (Wildman–Crippen LogP) is 0.858. The fourth-order valence-electron chi connectivity index (χ4n) is 3.67. The molecule has 2 saturated heterocycles. The zero-order valence-corrected chi connectivity index (χ0v) is 12.9. The molecule has 2 fully saturated rings. The second-order valence-corrected chi connectivity index (χ2v) is 6.72. The number of aliphatic hydroxyl groups is 1.